The molecule has 0 fully saturated rings. The summed E-state index contributed by atoms with van der Waals surface area (Å²) in [4.78, 5) is 48.6. The second kappa shape index (κ2) is 61.0. The predicted molar refractivity (Wildman–Crippen MR) is 334 cm³/mol. The molecule has 12 heteroatoms. The molecule has 0 aliphatic rings. The van der Waals surface area contributed by atoms with Gasteiger partial charge in [-0.05, 0) is 89.9 Å². The van der Waals surface area contributed by atoms with E-state index in [2.05, 4.69) is 124 Å². The fourth-order valence-corrected chi connectivity index (χ4v) is 9.01. The van der Waals surface area contributed by atoms with Gasteiger partial charge in [0.15, 0.2) is 6.10 Å². The number of phosphoric acid groups is 1. The molecular formula is C68H113O11P. The number of rotatable bonds is 57. The molecule has 0 bridgehead atoms. The van der Waals surface area contributed by atoms with E-state index in [9.17, 15) is 28.9 Å². The zero-order valence-corrected chi connectivity index (χ0v) is 51.4. The number of hydrogen-bond donors (Lipinski definition) is 2. The van der Waals surface area contributed by atoms with Crippen LogP contribution < -0.4 is 0 Å². The lowest BCUT2D eigenvalue weighted by atomic mass is 10.0. The van der Waals surface area contributed by atoms with Gasteiger partial charge in [-0.3, -0.25) is 23.4 Å². The van der Waals surface area contributed by atoms with Crippen LogP contribution >= 0.6 is 7.82 Å². The highest BCUT2D eigenvalue weighted by atomic mass is 31.2. The quantitative estimate of drug-likeness (QED) is 0.0197. The molecule has 456 valence electrons. The SMILES string of the molecule is CC/C=C\C/C=C\C/C=C\C/C=C\C/C=C\CCCCCC(=O)OC(COC(=O)C/C=C\C/C=C\C/C=C\C/C=C\C/C=C\CC)COP(=O)(O)OCC(CO)OC(=O)CCCCCCCCCCCCCCCCCCCCC. The largest absolute Gasteiger partial charge is 0.472 e. The highest BCUT2D eigenvalue weighted by Gasteiger charge is 2.28. The third kappa shape index (κ3) is 58.5. The molecule has 0 aromatic carbocycles. The Bertz CT molecular complexity index is 1800. The number of carbonyl (C=O) groups excluding carboxylic acids is 3. The van der Waals surface area contributed by atoms with Crippen molar-refractivity contribution >= 4 is 25.7 Å². The van der Waals surface area contributed by atoms with E-state index in [1.165, 1.54) is 96.3 Å². The molecule has 0 aliphatic carbocycles. The first-order valence-corrected chi connectivity index (χ1v) is 32.9. The van der Waals surface area contributed by atoms with Gasteiger partial charge in [-0.15, -0.1) is 0 Å². The van der Waals surface area contributed by atoms with Gasteiger partial charge in [0.25, 0.3) is 0 Å². The Morgan fingerprint density at radius 1 is 0.375 bits per heavy atom. The number of allylic oxidation sites excluding steroid dienone is 19. The first-order valence-electron chi connectivity index (χ1n) is 31.4. The van der Waals surface area contributed by atoms with Gasteiger partial charge in [0.2, 0.25) is 0 Å². The predicted octanol–water partition coefficient (Wildman–Crippen LogP) is 19.1. The molecule has 0 aromatic heterocycles. The second-order valence-corrected chi connectivity index (χ2v) is 21.9. The number of hydrogen-bond acceptors (Lipinski definition) is 10. The highest BCUT2D eigenvalue weighted by Crippen LogP contribution is 2.43. The molecule has 3 atom stereocenters. The molecule has 0 heterocycles. The summed E-state index contributed by atoms with van der Waals surface area (Å²) in [5, 5.41) is 9.85. The van der Waals surface area contributed by atoms with E-state index in [1.807, 2.05) is 12.2 Å². The molecular weight excluding hydrogens is 1020 g/mol. The molecule has 0 rings (SSSR count). The number of esters is 3. The van der Waals surface area contributed by atoms with Crippen LogP contribution in [0, 0.1) is 0 Å². The van der Waals surface area contributed by atoms with Gasteiger partial charge >= 0.3 is 25.7 Å². The number of aliphatic hydroxyl groups is 1. The van der Waals surface area contributed by atoms with Crippen molar-refractivity contribution in [2.45, 2.75) is 264 Å². The molecule has 2 N–H and O–H groups in total. The van der Waals surface area contributed by atoms with Crippen molar-refractivity contribution in [1.29, 1.82) is 0 Å². The summed E-state index contributed by atoms with van der Waals surface area (Å²) < 4.78 is 39.5. The average Bonchev–Trinajstić information content (AvgIpc) is 3.45. The first kappa shape index (κ1) is 75.9. The first-order chi connectivity index (χ1) is 39.2. The van der Waals surface area contributed by atoms with Crippen LogP contribution in [0.3, 0.4) is 0 Å². The van der Waals surface area contributed by atoms with Crippen LogP contribution in [0.4, 0.5) is 0 Å². The molecule has 0 saturated carbocycles. The Hall–Kier alpha value is -4.12. The van der Waals surface area contributed by atoms with Crippen LogP contribution in [-0.4, -0.2) is 66.5 Å². The monoisotopic (exact) mass is 1140 g/mol. The zero-order valence-electron chi connectivity index (χ0n) is 50.5. The molecule has 0 aliphatic heterocycles. The Morgan fingerprint density at radius 2 is 0.688 bits per heavy atom. The number of ether oxygens (including phenoxy) is 3. The van der Waals surface area contributed by atoms with Crippen LogP contribution in [0.1, 0.15) is 252 Å². The maximum atomic E-state index is 12.9. The molecule has 80 heavy (non-hydrogen) atoms. The van der Waals surface area contributed by atoms with Crippen LogP contribution in [0.25, 0.3) is 0 Å². The molecule has 0 aromatic rings. The molecule has 0 saturated heterocycles. The van der Waals surface area contributed by atoms with E-state index in [0.29, 0.717) is 19.3 Å². The van der Waals surface area contributed by atoms with Crippen molar-refractivity contribution in [3.63, 3.8) is 0 Å². The topological polar surface area (TPSA) is 155 Å². The van der Waals surface area contributed by atoms with Crippen LogP contribution in [0.15, 0.2) is 122 Å². The van der Waals surface area contributed by atoms with E-state index in [4.69, 9.17) is 23.3 Å². The van der Waals surface area contributed by atoms with Crippen molar-refractivity contribution in [1.82, 2.24) is 0 Å². The Balaban J connectivity index is 4.80. The molecule has 11 nitrogen and oxygen atoms in total. The van der Waals surface area contributed by atoms with E-state index in [0.717, 1.165) is 96.3 Å². The summed E-state index contributed by atoms with van der Waals surface area (Å²) in [5.41, 5.74) is 0. The maximum absolute atomic E-state index is 12.9. The van der Waals surface area contributed by atoms with Crippen LogP contribution in [-0.2, 0) is 42.2 Å². The molecule has 3 unspecified atom stereocenters. The Kier molecular flexibility index (Phi) is 57.8. The van der Waals surface area contributed by atoms with Gasteiger partial charge in [0, 0.05) is 12.8 Å². The standard InChI is InChI=1S/C68H113O11P/c1-4-7-10-13-16-19-22-25-28-30-32-34-37-40-43-46-49-52-55-58-67(71)78-64(60-69)62-76-80(73,74)77-63-65(61-75-66(70)57-54-51-48-45-42-39-36-27-24-21-18-15-12-9-6-3)79-68(72)59-56-53-50-47-44-41-38-35-33-31-29-26-23-20-17-14-11-8-5-2/h8-9,11-12,17-18,20-21,26-27,29,33,35-36,41-42,44-45,51,54,64-65,69H,4-7,10,13-16,19,22-25,28,30-32,34,37-40,43,46-50,52-53,55-63H2,1-3H3,(H,73,74)/b11-8-,12-9-,20-17-,21-18-,29-26-,35-33-,36-27-,44-41-,45-42-,54-51-. The lowest BCUT2D eigenvalue weighted by molar-refractivity contribution is -0.161. The van der Waals surface area contributed by atoms with Crippen molar-refractivity contribution in [2.75, 3.05) is 26.4 Å². The third-order valence-electron chi connectivity index (χ3n) is 12.9. The number of aliphatic hydroxyl groups excluding tert-OH is 1. The molecule has 0 amide bonds. The lowest BCUT2D eigenvalue weighted by Crippen LogP contribution is -2.30. The molecule has 0 spiro atoms. The smallest absolute Gasteiger partial charge is 0.461 e. The molecule has 0 radical (unpaired) electrons. The number of unbranched alkanes of at least 4 members (excludes halogenated alkanes) is 21. The van der Waals surface area contributed by atoms with E-state index in [-0.39, 0.29) is 19.3 Å². The van der Waals surface area contributed by atoms with Gasteiger partial charge in [0.05, 0.1) is 26.2 Å². The Morgan fingerprint density at radius 3 is 1.06 bits per heavy atom. The average molecular weight is 1140 g/mol. The normalized spacial score (nSPS) is 14.1. The van der Waals surface area contributed by atoms with E-state index < -0.39 is 64.4 Å². The van der Waals surface area contributed by atoms with Crippen molar-refractivity contribution < 1.29 is 52.2 Å². The summed E-state index contributed by atoms with van der Waals surface area (Å²) in [6.07, 6.45) is 76.2. The minimum atomic E-state index is -4.79. The Labute approximate surface area is 487 Å². The second-order valence-electron chi connectivity index (χ2n) is 20.5. The maximum Gasteiger partial charge on any atom is 0.472 e. The lowest BCUT2D eigenvalue weighted by Gasteiger charge is -2.21. The van der Waals surface area contributed by atoms with Gasteiger partial charge in [-0.1, -0.05) is 264 Å². The van der Waals surface area contributed by atoms with Gasteiger partial charge in [-0.2, -0.15) is 0 Å². The van der Waals surface area contributed by atoms with Gasteiger partial charge in [0.1, 0.15) is 12.7 Å². The third-order valence-corrected chi connectivity index (χ3v) is 13.9. The van der Waals surface area contributed by atoms with Crippen molar-refractivity contribution in [3.8, 4) is 0 Å². The minimum absolute atomic E-state index is 0.0185. The number of carbonyl (C=O) groups is 3. The fourth-order valence-electron chi connectivity index (χ4n) is 8.22. The minimum Gasteiger partial charge on any atom is -0.461 e. The van der Waals surface area contributed by atoms with Gasteiger partial charge in [-0.25, -0.2) is 4.57 Å². The highest BCUT2D eigenvalue weighted by molar-refractivity contribution is 7.47. The van der Waals surface area contributed by atoms with Crippen LogP contribution in [0.2, 0.25) is 0 Å². The van der Waals surface area contributed by atoms with Gasteiger partial charge < -0.3 is 24.2 Å². The van der Waals surface area contributed by atoms with Crippen molar-refractivity contribution in [3.05, 3.63) is 122 Å². The zero-order chi connectivity index (χ0) is 58.3. The van der Waals surface area contributed by atoms with Crippen molar-refractivity contribution in [2.24, 2.45) is 0 Å². The van der Waals surface area contributed by atoms with E-state index in [1.54, 1.807) is 6.08 Å². The summed E-state index contributed by atoms with van der Waals surface area (Å²) in [6.45, 7) is 4.29. The summed E-state index contributed by atoms with van der Waals surface area (Å²) in [5.74, 6) is -1.66. The van der Waals surface area contributed by atoms with Crippen LogP contribution in [0.5, 0.6) is 0 Å². The summed E-state index contributed by atoms with van der Waals surface area (Å²) in [7, 11) is -4.79. The van der Waals surface area contributed by atoms with E-state index >= 15 is 0 Å². The summed E-state index contributed by atoms with van der Waals surface area (Å²) in [6, 6.07) is 0. The summed E-state index contributed by atoms with van der Waals surface area (Å²) >= 11 is 0. The fraction of sp³-hybridized carbons (Fsp3) is 0.662. The number of phosphoric ester groups is 1.